The lowest BCUT2D eigenvalue weighted by atomic mass is 10.1. The third kappa shape index (κ3) is 3.48. The number of benzene rings is 1. The number of carbonyl (C=O) groups excluding carboxylic acids is 1. The highest BCUT2D eigenvalue weighted by molar-refractivity contribution is 9.10. The SMILES string of the molecule is CCNC(C)c1cc(Br)ccc1OC1CCOC1=O. The van der Waals surface area contributed by atoms with Crippen molar-refractivity contribution in [1.29, 1.82) is 0 Å². The molecule has 1 heterocycles. The monoisotopic (exact) mass is 327 g/mol. The Morgan fingerprint density at radius 2 is 2.37 bits per heavy atom. The Balaban J connectivity index is 2.21. The predicted molar refractivity (Wildman–Crippen MR) is 76.2 cm³/mol. The number of esters is 1. The van der Waals surface area contributed by atoms with Gasteiger partial charge in [0.15, 0.2) is 6.10 Å². The van der Waals surface area contributed by atoms with Crippen molar-refractivity contribution < 1.29 is 14.3 Å². The lowest BCUT2D eigenvalue weighted by Gasteiger charge is -2.19. The Morgan fingerprint density at radius 3 is 3.00 bits per heavy atom. The van der Waals surface area contributed by atoms with Crippen LogP contribution in [0.1, 0.15) is 31.9 Å². The summed E-state index contributed by atoms with van der Waals surface area (Å²) in [5, 5.41) is 3.35. The fourth-order valence-corrected chi connectivity index (χ4v) is 2.50. The molecule has 2 unspecified atom stereocenters. The van der Waals surface area contributed by atoms with E-state index in [9.17, 15) is 4.79 Å². The summed E-state index contributed by atoms with van der Waals surface area (Å²) in [6.45, 7) is 5.45. The smallest absolute Gasteiger partial charge is 0.347 e. The van der Waals surface area contributed by atoms with Crippen LogP contribution in [0.15, 0.2) is 22.7 Å². The lowest BCUT2D eigenvalue weighted by Crippen LogP contribution is -2.24. The van der Waals surface area contributed by atoms with Crippen LogP contribution < -0.4 is 10.1 Å². The molecule has 0 spiro atoms. The van der Waals surface area contributed by atoms with Crippen molar-refractivity contribution >= 4 is 21.9 Å². The minimum absolute atomic E-state index is 0.162. The molecule has 0 radical (unpaired) electrons. The number of hydrogen-bond acceptors (Lipinski definition) is 4. The van der Waals surface area contributed by atoms with Gasteiger partial charge in [-0.15, -0.1) is 0 Å². The van der Waals surface area contributed by atoms with Crippen LogP contribution in [0.25, 0.3) is 0 Å². The van der Waals surface area contributed by atoms with E-state index in [1.54, 1.807) is 0 Å². The molecule has 1 aromatic rings. The number of ether oxygens (including phenoxy) is 2. The lowest BCUT2D eigenvalue weighted by molar-refractivity contribution is -0.143. The Morgan fingerprint density at radius 1 is 1.58 bits per heavy atom. The maximum absolute atomic E-state index is 11.5. The van der Waals surface area contributed by atoms with Crippen LogP contribution >= 0.6 is 15.9 Å². The molecule has 4 nitrogen and oxygen atoms in total. The highest BCUT2D eigenvalue weighted by Gasteiger charge is 2.29. The van der Waals surface area contributed by atoms with E-state index in [0.29, 0.717) is 13.0 Å². The number of carbonyl (C=O) groups is 1. The number of halogens is 1. The van der Waals surface area contributed by atoms with Gasteiger partial charge in [-0.05, 0) is 31.7 Å². The third-order valence-corrected chi connectivity index (χ3v) is 3.60. The molecule has 1 aliphatic heterocycles. The number of rotatable bonds is 5. The van der Waals surface area contributed by atoms with E-state index in [2.05, 4.69) is 35.1 Å². The summed E-state index contributed by atoms with van der Waals surface area (Å²) in [4.78, 5) is 11.5. The van der Waals surface area contributed by atoms with Gasteiger partial charge in [-0.1, -0.05) is 22.9 Å². The van der Waals surface area contributed by atoms with Crippen molar-refractivity contribution in [3.05, 3.63) is 28.2 Å². The predicted octanol–water partition coefficient (Wildman–Crippen LogP) is 2.81. The van der Waals surface area contributed by atoms with E-state index >= 15 is 0 Å². The van der Waals surface area contributed by atoms with Gasteiger partial charge in [0.05, 0.1) is 6.61 Å². The minimum Gasteiger partial charge on any atom is -0.478 e. The van der Waals surface area contributed by atoms with Crippen LogP contribution in [0.2, 0.25) is 0 Å². The van der Waals surface area contributed by atoms with E-state index in [-0.39, 0.29) is 12.0 Å². The summed E-state index contributed by atoms with van der Waals surface area (Å²) in [6, 6.07) is 5.98. The molecule has 1 aliphatic rings. The zero-order chi connectivity index (χ0) is 13.8. The molecule has 104 valence electrons. The molecule has 1 N–H and O–H groups in total. The molecule has 5 heteroatoms. The Labute approximate surface area is 121 Å². The Bertz CT molecular complexity index is 464. The molecule has 1 saturated heterocycles. The number of cyclic esters (lactones) is 1. The normalized spacial score (nSPS) is 20.2. The van der Waals surface area contributed by atoms with Crippen LogP contribution in [0.4, 0.5) is 0 Å². The van der Waals surface area contributed by atoms with Gasteiger partial charge in [0.1, 0.15) is 5.75 Å². The van der Waals surface area contributed by atoms with E-state index in [1.165, 1.54) is 0 Å². The van der Waals surface area contributed by atoms with E-state index < -0.39 is 6.10 Å². The summed E-state index contributed by atoms with van der Waals surface area (Å²) in [7, 11) is 0. The first-order valence-corrected chi connectivity index (χ1v) is 7.27. The van der Waals surface area contributed by atoms with E-state index in [1.807, 2.05) is 18.2 Å². The molecular weight excluding hydrogens is 310 g/mol. The maximum atomic E-state index is 11.5. The zero-order valence-electron chi connectivity index (χ0n) is 11.1. The van der Waals surface area contributed by atoms with Gasteiger partial charge >= 0.3 is 5.97 Å². The van der Waals surface area contributed by atoms with Crippen LogP contribution in [0.5, 0.6) is 5.75 Å². The third-order valence-electron chi connectivity index (χ3n) is 3.11. The molecule has 1 aromatic carbocycles. The van der Waals surface area contributed by atoms with Gasteiger partial charge in [-0.2, -0.15) is 0 Å². The standard InChI is InChI=1S/C14H18BrNO3/c1-3-16-9(2)11-8-10(15)4-5-12(11)19-13-6-7-18-14(13)17/h4-5,8-9,13,16H,3,6-7H2,1-2H3. The van der Waals surface area contributed by atoms with Crippen molar-refractivity contribution in [2.45, 2.75) is 32.4 Å². The molecule has 1 fully saturated rings. The molecule has 2 rings (SSSR count). The van der Waals surface area contributed by atoms with Crippen LogP contribution in [-0.2, 0) is 9.53 Å². The Hall–Kier alpha value is -1.07. The summed E-state index contributed by atoms with van der Waals surface area (Å²) < 4.78 is 11.7. The van der Waals surface area contributed by atoms with Gasteiger partial charge < -0.3 is 14.8 Å². The first-order valence-electron chi connectivity index (χ1n) is 6.48. The zero-order valence-corrected chi connectivity index (χ0v) is 12.7. The second-order valence-corrected chi connectivity index (χ2v) is 5.44. The van der Waals surface area contributed by atoms with Crippen molar-refractivity contribution in [2.75, 3.05) is 13.2 Å². The highest BCUT2D eigenvalue weighted by Crippen LogP contribution is 2.30. The molecule has 0 bridgehead atoms. The maximum Gasteiger partial charge on any atom is 0.347 e. The molecule has 2 atom stereocenters. The first-order chi connectivity index (χ1) is 9.11. The molecule has 0 saturated carbocycles. The Kier molecular flexibility index (Phi) is 4.82. The fourth-order valence-electron chi connectivity index (χ4n) is 2.12. The molecular formula is C14H18BrNO3. The summed E-state index contributed by atoms with van der Waals surface area (Å²) in [5.74, 6) is 0.463. The summed E-state index contributed by atoms with van der Waals surface area (Å²) in [6.07, 6.45) is 0.137. The van der Waals surface area contributed by atoms with Crippen LogP contribution in [0, 0.1) is 0 Å². The van der Waals surface area contributed by atoms with Gasteiger partial charge in [0, 0.05) is 22.5 Å². The summed E-state index contributed by atoms with van der Waals surface area (Å²) >= 11 is 3.47. The number of hydrogen-bond donors (Lipinski definition) is 1. The molecule has 19 heavy (non-hydrogen) atoms. The highest BCUT2D eigenvalue weighted by atomic mass is 79.9. The first kappa shape index (κ1) is 14.3. The van der Waals surface area contributed by atoms with E-state index in [4.69, 9.17) is 9.47 Å². The summed E-state index contributed by atoms with van der Waals surface area (Å²) in [5.41, 5.74) is 1.04. The van der Waals surface area contributed by atoms with Crippen LogP contribution in [-0.4, -0.2) is 25.2 Å². The van der Waals surface area contributed by atoms with Gasteiger partial charge in [0.25, 0.3) is 0 Å². The molecule has 0 aromatic heterocycles. The van der Waals surface area contributed by atoms with Crippen molar-refractivity contribution in [2.24, 2.45) is 0 Å². The number of nitrogens with one attached hydrogen (secondary N) is 1. The van der Waals surface area contributed by atoms with Crippen LogP contribution in [0.3, 0.4) is 0 Å². The molecule has 0 amide bonds. The van der Waals surface area contributed by atoms with Crippen molar-refractivity contribution in [3.63, 3.8) is 0 Å². The van der Waals surface area contributed by atoms with Gasteiger partial charge in [0.2, 0.25) is 0 Å². The second kappa shape index (κ2) is 6.39. The topological polar surface area (TPSA) is 47.6 Å². The van der Waals surface area contributed by atoms with Crippen molar-refractivity contribution in [1.82, 2.24) is 5.32 Å². The quantitative estimate of drug-likeness (QED) is 0.845. The minimum atomic E-state index is -0.478. The average molecular weight is 328 g/mol. The van der Waals surface area contributed by atoms with E-state index in [0.717, 1.165) is 22.3 Å². The average Bonchev–Trinajstić information content (AvgIpc) is 2.77. The van der Waals surface area contributed by atoms with Gasteiger partial charge in [-0.3, -0.25) is 0 Å². The fraction of sp³-hybridized carbons (Fsp3) is 0.500. The largest absolute Gasteiger partial charge is 0.478 e. The van der Waals surface area contributed by atoms with Gasteiger partial charge in [-0.25, -0.2) is 4.79 Å². The molecule has 0 aliphatic carbocycles. The second-order valence-electron chi connectivity index (χ2n) is 4.52. The van der Waals surface area contributed by atoms with Crippen molar-refractivity contribution in [3.8, 4) is 5.75 Å².